The van der Waals surface area contributed by atoms with Crippen LogP contribution in [0.15, 0.2) is 18.3 Å². The standard InChI is InChI=1S/C11H6Cl2F3N3O2/c1-21-10(20)6-4-19(18-17-6)7-3-2-5(12)8(9(7)13)11(14,15)16/h2-4H,1H3. The molecule has 2 rings (SSSR count). The summed E-state index contributed by atoms with van der Waals surface area (Å²) in [6.07, 6.45) is -3.63. The molecule has 0 radical (unpaired) electrons. The average molecular weight is 340 g/mol. The highest BCUT2D eigenvalue weighted by molar-refractivity contribution is 6.37. The molecule has 0 bridgehead atoms. The Morgan fingerprint density at radius 3 is 2.57 bits per heavy atom. The Morgan fingerprint density at radius 1 is 1.33 bits per heavy atom. The van der Waals surface area contributed by atoms with E-state index in [-0.39, 0.29) is 11.4 Å². The molecule has 0 amide bonds. The van der Waals surface area contributed by atoms with Gasteiger partial charge in [0, 0.05) is 0 Å². The topological polar surface area (TPSA) is 57.0 Å². The predicted molar refractivity (Wildman–Crippen MR) is 67.7 cm³/mol. The minimum absolute atomic E-state index is 0.115. The molecule has 0 N–H and O–H groups in total. The van der Waals surface area contributed by atoms with E-state index in [1.54, 1.807) is 0 Å². The molecular weight excluding hydrogens is 334 g/mol. The summed E-state index contributed by atoms with van der Waals surface area (Å²) in [7, 11) is 1.14. The van der Waals surface area contributed by atoms with Crippen molar-refractivity contribution in [3.8, 4) is 5.69 Å². The number of carbonyl (C=O) groups excluding carboxylic acids is 1. The molecule has 1 aromatic heterocycles. The first-order valence-corrected chi connectivity index (χ1v) is 6.07. The van der Waals surface area contributed by atoms with E-state index < -0.39 is 27.8 Å². The molecule has 5 nitrogen and oxygen atoms in total. The Morgan fingerprint density at radius 2 is 2.00 bits per heavy atom. The number of hydrogen-bond acceptors (Lipinski definition) is 4. The van der Waals surface area contributed by atoms with Crippen LogP contribution < -0.4 is 0 Å². The first-order chi connectivity index (χ1) is 9.75. The molecule has 0 saturated heterocycles. The van der Waals surface area contributed by atoms with Gasteiger partial charge in [0.25, 0.3) is 0 Å². The van der Waals surface area contributed by atoms with Gasteiger partial charge >= 0.3 is 12.1 Å². The normalized spacial score (nSPS) is 11.5. The zero-order chi connectivity index (χ0) is 15.8. The summed E-state index contributed by atoms with van der Waals surface area (Å²) in [5.41, 5.74) is -1.47. The zero-order valence-corrected chi connectivity index (χ0v) is 11.8. The number of methoxy groups -OCH3 is 1. The Hall–Kier alpha value is -1.80. The maximum absolute atomic E-state index is 12.9. The van der Waals surface area contributed by atoms with Crippen LogP contribution in [-0.2, 0) is 10.9 Å². The molecule has 112 valence electrons. The second-order valence-electron chi connectivity index (χ2n) is 3.79. The molecule has 0 aliphatic carbocycles. The lowest BCUT2D eigenvalue weighted by atomic mass is 10.2. The maximum atomic E-state index is 12.9. The second kappa shape index (κ2) is 5.53. The van der Waals surface area contributed by atoms with Crippen molar-refractivity contribution in [2.75, 3.05) is 7.11 Å². The lowest BCUT2D eigenvalue weighted by molar-refractivity contribution is -0.137. The van der Waals surface area contributed by atoms with Crippen molar-refractivity contribution < 1.29 is 22.7 Å². The quantitative estimate of drug-likeness (QED) is 0.787. The highest BCUT2D eigenvalue weighted by Gasteiger charge is 2.37. The number of aromatic nitrogens is 3. The Kier molecular flexibility index (Phi) is 4.11. The lowest BCUT2D eigenvalue weighted by Gasteiger charge is -2.13. The van der Waals surface area contributed by atoms with Gasteiger partial charge in [-0.1, -0.05) is 28.4 Å². The summed E-state index contributed by atoms with van der Waals surface area (Å²) in [6.45, 7) is 0. The van der Waals surface area contributed by atoms with Gasteiger partial charge in [0.2, 0.25) is 0 Å². The summed E-state index contributed by atoms with van der Waals surface area (Å²) < 4.78 is 44.1. The van der Waals surface area contributed by atoms with Crippen LogP contribution in [0.1, 0.15) is 16.1 Å². The molecule has 0 aliphatic rings. The van der Waals surface area contributed by atoms with Gasteiger partial charge in [0.05, 0.1) is 34.6 Å². The molecule has 1 heterocycles. The molecule has 0 aliphatic heterocycles. The van der Waals surface area contributed by atoms with Gasteiger partial charge in [0.1, 0.15) is 0 Å². The van der Waals surface area contributed by atoms with Crippen molar-refractivity contribution in [3.63, 3.8) is 0 Å². The third-order valence-corrected chi connectivity index (χ3v) is 3.19. The number of alkyl halides is 3. The van der Waals surface area contributed by atoms with Gasteiger partial charge in [0.15, 0.2) is 5.69 Å². The monoisotopic (exact) mass is 339 g/mol. The minimum Gasteiger partial charge on any atom is -0.464 e. The van der Waals surface area contributed by atoms with Crippen molar-refractivity contribution in [3.05, 3.63) is 39.6 Å². The third kappa shape index (κ3) is 2.96. The minimum atomic E-state index is -4.73. The first-order valence-electron chi connectivity index (χ1n) is 5.32. The smallest absolute Gasteiger partial charge is 0.419 e. The third-order valence-electron chi connectivity index (χ3n) is 2.49. The number of nitrogens with zero attached hydrogens (tertiary/aromatic N) is 3. The molecule has 10 heteroatoms. The SMILES string of the molecule is COC(=O)c1cn(-c2ccc(Cl)c(C(F)(F)F)c2Cl)nn1. The number of rotatable bonds is 2. The van der Waals surface area contributed by atoms with Crippen molar-refractivity contribution in [1.29, 1.82) is 0 Å². The fourth-order valence-electron chi connectivity index (χ4n) is 1.56. The van der Waals surface area contributed by atoms with Crippen molar-refractivity contribution in [2.24, 2.45) is 0 Å². The van der Waals surface area contributed by atoms with Crippen LogP contribution in [0.25, 0.3) is 5.69 Å². The summed E-state index contributed by atoms with van der Waals surface area (Å²) in [6, 6.07) is 2.26. The summed E-state index contributed by atoms with van der Waals surface area (Å²) in [5, 5.41) is 5.84. The van der Waals surface area contributed by atoms with Crippen molar-refractivity contribution in [1.82, 2.24) is 15.0 Å². The molecule has 0 unspecified atom stereocenters. The maximum Gasteiger partial charge on any atom is 0.419 e. The van der Waals surface area contributed by atoms with Crippen LogP contribution in [0.2, 0.25) is 10.0 Å². The number of esters is 1. The fraction of sp³-hybridized carbons (Fsp3) is 0.182. The van der Waals surface area contributed by atoms with E-state index in [4.69, 9.17) is 23.2 Å². The average Bonchev–Trinajstić information content (AvgIpc) is 2.85. The number of hydrogen-bond donors (Lipinski definition) is 0. The van der Waals surface area contributed by atoms with Crippen LogP contribution in [0.3, 0.4) is 0 Å². The summed E-state index contributed by atoms with van der Waals surface area (Å²) >= 11 is 11.3. The molecule has 0 spiro atoms. The molecule has 1 aromatic carbocycles. The van der Waals surface area contributed by atoms with E-state index in [9.17, 15) is 18.0 Å². The number of ether oxygens (including phenoxy) is 1. The molecule has 21 heavy (non-hydrogen) atoms. The van der Waals surface area contributed by atoms with Crippen LogP contribution in [0, 0.1) is 0 Å². The molecule has 0 saturated carbocycles. The first kappa shape index (κ1) is 15.6. The van der Waals surface area contributed by atoms with Gasteiger partial charge in [-0.3, -0.25) is 0 Å². The van der Waals surface area contributed by atoms with E-state index in [2.05, 4.69) is 15.0 Å². The molecular formula is C11H6Cl2F3N3O2. The van der Waals surface area contributed by atoms with E-state index in [0.29, 0.717) is 0 Å². The molecule has 2 aromatic rings. The Bertz CT molecular complexity index is 701. The summed E-state index contributed by atoms with van der Waals surface area (Å²) in [4.78, 5) is 11.3. The Balaban J connectivity index is 2.56. The van der Waals surface area contributed by atoms with E-state index in [0.717, 1.165) is 24.1 Å². The van der Waals surface area contributed by atoms with Gasteiger partial charge in [-0.15, -0.1) is 5.10 Å². The fourth-order valence-corrected chi connectivity index (χ4v) is 2.23. The highest BCUT2D eigenvalue weighted by Crippen LogP contribution is 2.41. The number of halogens is 5. The molecule has 0 fully saturated rings. The molecule has 0 atom stereocenters. The van der Waals surface area contributed by atoms with E-state index >= 15 is 0 Å². The van der Waals surface area contributed by atoms with Gasteiger partial charge in [-0.2, -0.15) is 13.2 Å². The van der Waals surface area contributed by atoms with E-state index in [1.165, 1.54) is 6.07 Å². The van der Waals surface area contributed by atoms with Crippen molar-refractivity contribution in [2.45, 2.75) is 6.18 Å². The van der Waals surface area contributed by atoms with E-state index in [1.807, 2.05) is 0 Å². The van der Waals surface area contributed by atoms with Gasteiger partial charge in [-0.25, -0.2) is 9.48 Å². The largest absolute Gasteiger partial charge is 0.464 e. The second-order valence-corrected chi connectivity index (χ2v) is 4.58. The zero-order valence-electron chi connectivity index (χ0n) is 10.3. The van der Waals surface area contributed by atoms with Gasteiger partial charge in [-0.05, 0) is 12.1 Å². The summed E-state index contributed by atoms with van der Waals surface area (Å²) in [5.74, 6) is -0.776. The van der Waals surface area contributed by atoms with Crippen LogP contribution in [0.5, 0.6) is 0 Å². The lowest BCUT2D eigenvalue weighted by Crippen LogP contribution is -2.09. The highest BCUT2D eigenvalue weighted by atomic mass is 35.5. The van der Waals surface area contributed by atoms with Gasteiger partial charge < -0.3 is 4.74 Å². The Labute approximate surface area is 126 Å². The van der Waals surface area contributed by atoms with Crippen LogP contribution in [-0.4, -0.2) is 28.1 Å². The van der Waals surface area contributed by atoms with Crippen LogP contribution in [0.4, 0.5) is 13.2 Å². The number of benzene rings is 1. The number of carbonyl (C=O) groups is 1. The van der Waals surface area contributed by atoms with Crippen LogP contribution >= 0.6 is 23.2 Å². The predicted octanol–water partition coefficient (Wildman–Crippen LogP) is 3.38. The van der Waals surface area contributed by atoms with Crippen molar-refractivity contribution >= 4 is 29.2 Å².